The minimum Gasteiger partial charge on any atom is -0.465 e. The summed E-state index contributed by atoms with van der Waals surface area (Å²) in [6, 6.07) is 9.69. The van der Waals surface area contributed by atoms with Crippen LogP contribution in [-0.4, -0.2) is 26.2 Å². The summed E-state index contributed by atoms with van der Waals surface area (Å²) in [4.78, 5) is 15.3. The molecule has 1 aromatic heterocycles. The second-order valence-electron chi connectivity index (χ2n) is 4.98. The lowest BCUT2D eigenvalue weighted by Crippen LogP contribution is -2.32. The zero-order chi connectivity index (χ0) is 15.4. The number of carbonyl (C=O) groups excluding carboxylic acids is 1. The predicted octanol–water partition coefficient (Wildman–Crippen LogP) is 3.18. The van der Waals surface area contributed by atoms with E-state index in [1.807, 2.05) is 18.0 Å². The Morgan fingerprint density at radius 2 is 2.14 bits per heavy atom. The van der Waals surface area contributed by atoms with Gasteiger partial charge in [0.15, 0.2) is 0 Å². The number of methoxy groups -OCH3 is 1. The van der Waals surface area contributed by atoms with Crippen LogP contribution in [0.1, 0.15) is 22.2 Å². The topological polar surface area (TPSA) is 55.6 Å². The van der Waals surface area contributed by atoms with E-state index < -0.39 is 0 Å². The molecule has 2 aromatic rings. The monoisotopic (exact) mass is 304 g/mol. The van der Waals surface area contributed by atoms with Crippen molar-refractivity contribution in [1.82, 2.24) is 0 Å². The molecule has 1 heterocycles. The molecule has 0 spiro atoms. The number of carbonyl (C=O) groups is 1. The van der Waals surface area contributed by atoms with Gasteiger partial charge in [0.1, 0.15) is 0 Å². The van der Waals surface area contributed by atoms with E-state index in [0.717, 1.165) is 12.1 Å². The highest BCUT2D eigenvalue weighted by Gasteiger charge is 2.21. The number of rotatable bonds is 5. The van der Waals surface area contributed by atoms with Gasteiger partial charge in [0, 0.05) is 24.4 Å². The molecule has 0 aliphatic rings. The van der Waals surface area contributed by atoms with Gasteiger partial charge in [-0.3, -0.25) is 0 Å². The second kappa shape index (κ2) is 6.63. The molecule has 5 heteroatoms. The Balaban J connectivity index is 2.29. The third-order valence-corrected chi connectivity index (χ3v) is 4.46. The first-order valence-electron chi connectivity index (χ1n) is 6.76. The minimum absolute atomic E-state index is 0.219. The van der Waals surface area contributed by atoms with Gasteiger partial charge >= 0.3 is 5.97 Å². The maximum Gasteiger partial charge on any atom is 0.340 e. The highest BCUT2D eigenvalue weighted by Crippen LogP contribution is 2.30. The van der Waals surface area contributed by atoms with Gasteiger partial charge < -0.3 is 15.4 Å². The maximum atomic E-state index is 11.9. The van der Waals surface area contributed by atoms with Crippen molar-refractivity contribution in [3.63, 3.8) is 0 Å². The first-order chi connectivity index (χ1) is 10.0. The van der Waals surface area contributed by atoms with E-state index in [9.17, 15) is 4.79 Å². The summed E-state index contributed by atoms with van der Waals surface area (Å²) < 4.78 is 4.85. The normalized spacial score (nSPS) is 12.0. The number of ether oxygens (including phenoxy) is 1. The van der Waals surface area contributed by atoms with Crippen LogP contribution < -0.4 is 10.6 Å². The van der Waals surface area contributed by atoms with Crippen LogP contribution in [0.5, 0.6) is 0 Å². The number of likely N-dealkylation sites (N-methyl/N-ethyl adjacent to an activating group) is 1. The van der Waals surface area contributed by atoms with Gasteiger partial charge in [-0.05, 0) is 30.5 Å². The van der Waals surface area contributed by atoms with Crippen molar-refractivity contribution in [1.29, 1.82) is 0 Å². The number of thiophene rings is 1. The van der Waals surface area contributed by atoms with Crippen LogP contribution in [-0.2, 0) is 11.2 Å². The number of para-hydroxylation sites is 1. The lowest BCUT2D eigenvalue weighted by Gasteiger charge is -2.29. The fourth-order valence-corrected chi connectivity index (χ4v) is 3.13. The van der Waals surface area contributed by atoms with E-state index in [4.69, 9.17) is 10.5 Å². The number of hydrogen-bond acceptors (Lipinski definition) is 5. The van der Waals surface area contributed by atoms with Gasteiger partial charge in [-0.2, -0.15) is 0 Å². The number of nitrogen functional groups attached to an aromatic ring is 1. The zero-order valence-corrected chi connectivity index (χ0v) is 13.3. The fourth-order valence-electron chi connectivity index (χ4n) is 2.31. The van der Waals surface area contributed by atoms with Gasteiger partial charge in [-0.1, -0.05) is 12.1 Å². The molecule has 2 N–H and O–H groups in total. The molecule has 1 unspecified atom stereocenters. The molecule has 0 bridgehead atoms. The average Bonchev–Trinajstić information content (AvgIpc) is 2.98. The lowest BCUT2D eigenvalue weighted by molar-refractivity contribution is 0.0601. The number of benzene rings is 1. The number of nitrogens with two attached hydrogens (primary N) is 1. The molecule has 0 saturated heterocycles. The van der Waals surface area contributed by atoms with Crippen LogP contribution in [0.25, 0.3) is 0 Å². The molecule has 1 atom stereocenters. The predicted molar refractivity (Wildman–Crippen MR) is 88.1 cm³/mol. The van der Waals surface area contributed by atoms with E-state index in [1.54, 1.807) is 29.5 Å². The summed E-state index contributed by atoms with van der Waals surface area (Å²) in [5, 5.41) is 2.07. The van der Waals surface area contributed by atoms with Crippen molar-refractivity contribution < 1.29 is 9.53 Å². The molecule has 0 aliphatic heterocycles. The van der Waals surface area contributed by atoms with Crippen LogP contribution in [0.15, 0.2) is 35.7 Å². The third-order valence-electron chi connectivity index (χ3n) is 3.56. The highest BCUT2D eigenvalue weighted by molar-refractivity contribution is 7.09. The fraction of sp³-hybridized carbons (Fsp3) is 0.312. The summed E-state index contributed by atoms with van der Waals surface area (Å²) in [5.41, 5.74) is 7.89. The number of nitrogens with zero attached hydrogens (tertiary/aromatic N) is 1. The van der Waals surface area contributed by atoms with Gasteiger partial charge in [0.2, 0.25) is 0 Å². The molecule has 4 nitrogen and oxygen atoms in total. The standard InChI is InChI=1S/C16H20N2O2S/c1-11(10-12-6-5-9-21-12)18(2)15-13(16(19)20-3)7-4-8-14(15)17/h4-9,11H,10,17H2,1-3H3. The Morgan fingerprint density at radius 3 is 2.76 bits per heavy atom. The van der Waals surface area contributed by atoms with Crippen molar-refractivity contribution in [2.75, 3.05) is 24.8 Å². The van der Waals surface area contributed by atoms with Crippen LogP contribution in [0.2, 0.25) is 0 Å². The second-order valence-corrected chi connectivity index (χ2v) is 6.01. The molecule has 0 saturated carbocycles. The van der Waals surface area contributed by atoms with Crippen molar-refractivity contribution in [2.24, 2.45) is 0 Å². The van der Waals surface area contributed by atoms with E-state index in [1.165, 1.54) is 12.0 Å². The molecule has 21 heavy (non-hydrogen) atoms. The molecule has 0 aliphatic carbocycles. The van der Waals surface area contributed by atoms with Crippen molar-refractivity contribution in [3.05, 3.63) is 46.2 Å². The first kappa shape index (κ1) is 15.4. The summed E-state index contributed by atoms with van der Waals surface area (Å²) in [7, 11) is 3.33. The lowest BCUT2D eigenvalue weighted by atomic mass is 10.1. The summed E-state index contributed by atoms with van der Waals surface area (Å²) >= 11 is 1.73. The largest absolute Gasteiger partial charge is 0.465 e. The molecule has 2 rings (SSSR count). The van der Waals surface area contributed by atoms with Crippen LogP contribution in [0.3, 0.4) is 0 Å². The van der Waals surface area contributed by atoms with Gasteiger partial charge in [0.25, 0.3) is 0 Å². The number of hydrogen-bond donors (Lipinski definition) is 1. The number of anilines is 2. The summed E-state index contributed by atoms with van der Waals surface area (Å²) in [6.07, 6.45) is 0.906. The molecule has 1 aromatic carbocycles. The molecule has 0 amide bonds. The zero-order valence-electron chi connectivity index (χ0n) is 12.5. The van der Waals surface area contributed by atoms with Crippen molar-refractivity contribution >= 4 is 28.7 Å². The number of esters is 1. The summed E-state index contributed by atoms with van der Waals surface area (Å²) in [5.74, 6) is -0.368. The van der Waals surface area contributed by atoms with Gasteiger partial charge in [-0.25, -0.2) is 4.79 Å². The van der Waals surface area contributed by atoms with E-state index >= 15 is 0 Å². The molecule has 0 radical (unpaired) electrons. The quantitative estimate of drug-likeness (QED) is 0.681. The summed E-state index contributed by atoms with van der Waals surface area (Å²) in [6.45, 7) is 2.12. The third kappa shape index (κ3) is 3.36. The van der Waals surface area contributed by atoms with Crippen molar-refractivity contribution in [3.8, 4) is 0 Å². The van der Waals surface area contributed by atoms with Crippen LogP contribution >= 0.6 is 11.3 Å². The van der Waals surface area contributed by atoms with E-state index in [0.29, 0.717) is 11.3 Å². The van der Waals surface area contributed by atoms with Crippen molar-refractivity contribution in [2.45, 2.75) is 19.4 Å². The Morgan fingerprint density at radius 1 is 1.38 bits per heavy atom. The Hall–Kier alpha value is -2.01. The van der Waals surface area contributed by atoms with Gasteiger partial charge in [0.05, 0.1) is 24.0 Å². The smallest absolute Gasteiger partial charge is 0.340 e. The molecule has 0 fully saturated rings. The van der Waals surface area contributed by atoms with E-state index in [2.05, 4.69) is 18.4 Å². The molecular weight excluding hydrogens is 284 g/mol. The Kier molecular flexibility index (Phi) is 4.85. The molecule has 112 valence electrons. The first-order valence-corrected chi connectivity index (χ1v) is 7.64. The average molecular weight is 304 g/mol. The minimum atomic E-state index is -0.368. The van der Waals surface area contributed by atoms with Crippen LogP contribution in [0, 0.1) is 0 Å². The SMILES string of the molecule is COC(=O)c1cccc(N)c1N(C)C(C)Cc1cccs1. The highest BCUT2D eigenvalue weighted by atomic mass is 32.1. The Labute approximate surface area is 129 Å². The maximum absolute atomic E-state index is 11.9. The molecular formula is C16H20N2O2S. The van der Waals surface area contributed by atoms with Gasteiger partial charge in [-0.15, -0.1) is 11.3 Å². The van der Waals surface area contributed by atoms with Crippen LogP contribution in [0.4, 0.5) is 11.4 Å². The van der Waals surface area contributed by atoms with E-state index in [-0.39, 0.29) is 12.0 Å². The Bertz CT molecular complexity index is 611.